The van der Waals surface area contributed by atoms with Gasteiger partial charge in [0.15, 0.2) is 0 Å². The van der Waals surface area contributed by atoms with Crippen LogP contribution >= 0.6 is 11.6 Å². The second-order valence-electron chi connectivity index (χ2n) is 7.76. The lowest BCUT2D eigenvalue weighted by molar-refractivity contribution is -0.125. The van der Waals surface area contributed by atoms with Crippen molar-refractivity contribution in [3.05, 3.63) is 34.9 Å². The molecule has 1 aromatic carbocycles. The maximum absolute atomic E-state index is 12.6. The Morgan fingerprint density at radius 2 is 1.96 bits per heavy atom. The molecular weight excluding hydrogens is 346 g/mol. The molecule has 144 valence electrons. The molecule has 2 aliphatic rings. The highest BCUT2D eigenvalue weighted by atomic mass is 35.5. The largest absolute Gasteiger partial charge is 0.355 e. The first-order valence-corrected chi connectivity index (χ1v) is 10.6. The number of nitrogens with one attached hydrogen (secondary N) is 2. The molecule has 0 aromatic heterocycles. The van der Waals surface area contributed by atoms with Gasteiger partial charge in [-0.05, 0) is 43.9 Å². The molecule has 1 heterocycles. The molecule has 2 atom stereocenters. The van der Waals surface area contributed by atoms with Crippen molar-refractivity contribution in [3.63, 3.8) is 0 Å². The minimum Gasteiger partial charge on any atom is -0.355 e. The quantitative estimate of drug-likeness (QED) is 0.742. The fourth-order valence-electron chi connectivity index (χ4n) is 4.41. The highest BCUT2D eigenvalue weighted by Crippen LogP contribution is 2.25. The summed E-state index contributed by atoms with van der Waals surface area (Å²) in [5.41, 5.74) is 1.17. The molecule has 1 amide bonds. The van der Waals surface area contributed by atoms with Crippen LogP contribution < -0.4 is 10.6 Å². The Bertz CT molecular complexity index is 586. The van der Waals surface area contributed by atoms with Crippen LogP contribution in [0.25, 0.3) is 0 Å². The molecule has 0 radical (unpaired) electrons. The molecular formula is C21H32ClN3O. The van der Waals surface area contributed by atoms with Gasteiger partial charge in [-0.1, -0.05) is 49.4 Å². The van der Waals surface area contributed by atoms with Crippen molar-refractivity contribution in [1.29, 1.82) is 0 Å². The maximum Gasteiger partial charge on any atom is 0.237 e. The Labute approximate surface area is 162 Å². The Kier molecular flexibility index (Phi) is 7.35. The number of likely N-dealkylation sites (N-methyl/N-ethyl adjacent to an activating group) is 1. The lowest BCUT2D eigenvalue weighted by Crippen LogP contribution is -2.42. The van der Waals surface area contributed by atoms with Crippen LogP contribution in [0, 0.1) is 0 Å². The number of amides is 1. The van der Waals surface area contributed by atoms with Crippen LogP contribution in [0.15, 0.2) is 24.3 Å². The number of hydrogen-bond donors (Lipinski definition) is 2. The van der Waals surface area contributed by atoms with Crippen LogP contribution in [-0.2, 0) is 11.3 Å². The summed E-state index contributed by atoms with van der Waals surface area (Å²) in [7, 11) is 0. The predicted octanol–water partition coefficient (Wildman–Crippen LogP) is 3.73. The van der Waals surface area contributed by atoms with Gasteiger partial charge in [0, 0.05) is 36.7 Å². The van der Waals surface area contributed by atoms with E-state index >= 15 is 0 Å². The summed E-state index contributed by atoms with van der Waals surface area (Å²) >= 11 is 6.14. The average molecular weight is 378 g/mol. The van der Waals surface area contributed by atoms with Crippen LogP contribution in [-0.4, -0.2) is 42.0 Å². The number of likely N-dealkylation sites (tertiary alicyclic amines) is 1. The van der Waals surface area contributed by atoms with E-state index < -0.39 is 0 Å². The summed E-state index contributed by atoms with van der Waals surface area (Å²) in [6, 6.07) is 8.92. The number of carbonyl (C=O) groups excluding carboxylic acids is 1. The minimum atomic E-state index is -0.0581. The van der Waals surface area contributed by atoms with Gasteiger partial charge in [0.25, 0.3) is 0 Å². The van der Waals surface area contributed by atoms with Crippen LogP contribution in [0.5, 0.6) is 0 Å². The third-order valence-electron chi connectivity index (χ3n) is 5.66. The molecule has 1 saturated carbocycles. The summed E-state index contributed by atoms with van der Waals surface area (Å²) in [4.78, 5) is 14.9. The third-order valence-corrected chi connectivity index (χ3v) is 5.89. The first-order valence-electron chi connectivity index (χ1n) is 10.2. The van der Waals surface area contributed by atoms with Crippen molar-refractivity contribution < 1.29 is 4.79 Å². The zero-order valence-electron chi connectivity index (χ0n) is 15.8. The van der Waals surface area contributed by atoms with Gasteiger partial charge in [-0.2, -0.15) is 0 Å². The van der Waals surface area contributed by atoms with E-state index in [1.54, 1.807) is 0 Å². The van der Waals surface area contributed by atoms with Crippen molar-refractivity contribution in [2.75, 3.05) is 13.1 Å². The number of carbonyl (C=O) groups is 1. The van der Waals surface area contributed by atoms with Crippen LogP contribution in [0.1, 0.15) is 57.4 Å². The lowest BCUT2D eigenvalue weighted by atomic mass is 10.1. The molecule has 1 aromatic rings. The Hall–Kier alpha value is -1.10. The molecule has 3 rings (SSSR count). The summed E-state index contributed by atoms with van der Waals surface area (Å²) < 4.78 is 0. The van der Waals surface area contributed by atoms with E-state index in [-0.39, 0.29) is 11.9 Å². The summed E-state index contributed by atoms with van der Waals surface area (Å²) in [6.07, 6.45) is 8.83. The summed E-state index contributed by atoms with van der Waals surface area (Å²) in [5, 5.41) is 7.63. The lowest BCUT2D eigenvalue weighted by Gasteiger charge is -2.24. The molecule has 0 unspecified atom stereocenters. The molecule has 2 N–H and O–H groups in total. The zero-order chi connectivity index (χ0) is 18.4. The summed E-state index contributed by atoms with van der Waals surface area (Å²) in [5.74, 6) is 0.152. The molecule has 1 aliphatic carbocycles. The van der Waals surface area contributed by atoms with E-state index in [9.17, 15) is 4.79 Å². The minimum absolute atomic E-state index is 0.0581. The van der Waals surface area contributed by atoms with Gasteiger partial charge in [-0.3, -0.25) is 9.69 Å². The Balaban J connectivity index is 1.65. The van der Waals surface area contributed by atoms with Crippen molar-refractivity contribution in [1.82, 2.24) is 15.5 Å². The van der Waals surface area contributed by atoms with Gasteiger partial charge >= 0.3 is 0 Å². The average Bonchev–Trinajstić information content (AvgIpc) is 2.82. The number of rotatable bonds is 6. The molecule has 4 nitrogen and oxygen atoms in total. The fourth-order valence-corrected chi connectivity index (χ4v) is 4.63. The standard InChI is InChI=1S/C21H32ClN3O/c1-2-23-21(26)20-13-19(24-18-10-5-3-4-6-11-18)15-25(20)14-16-8-7-9-17(22)12-16/h7-9,12,18-20,24H,2-6,10-11,13-15H2,1H3,(H,23,26)/t19-,20+/m1/s1. The number of nitrogens with zero attached hydrogens (tertiary/aromatic N) is 1. The zero-order valence-corrected chi connectivity index (χ0v) is 16.6. The smallest absolute Gasteiger partial charge is 0.237 e. The van der Waals surface area contributed by atoms with Gasteiger partial charge in [-0.25, -0.2) is 0 Å². The van der Waals surface area contributed by atoms with Gasteiger partial charge in [0.05, 0.1) is 6.04 Å². The van der Waals surface area contributed by atoms with Crippen molar-refractivity contribution >= 4 is 17.5 Å². The molecule has 5 heteroatoms. The van der Waals surface area contributed by atoms with Gasteiger partial charge < -0.3 is 10.6 Å². The van der Waals surface area contributed by atoms with Crippen molar-refractivity contribution in [2.24, 2.45) is 0 Å². The first-order chi connectivity index (χ1) is 12.7. The Morgan fingerprint density at radius 3 is 2.65 bits per heavy atom. The molecule has 26 heavy (non-hydrogen) atoms. The summed E-state index contributed by atoms with van der Waals surface area (Å²) in [6.45, 7) is 4.35. The first kappa shape index (κ1) is 19.7. The van der Waals surface area contributed by atoms with E-state index in [0.29, 0.717) is 18.6 Å². The SMILES string of the molecule is CCNC(=O)[C@@H]1C[C@@H](NC2CCCCCC2)CN1Cc1cccc(Cl)c1. The van der Waals surface area contributed by atoms with E-state index in [4.69, 9.17) is 11.6 Å². The van der Waals surface area contributed by atoms with Gasteiger partial charge in [0.2, 0.25) is 5.91 Å². The molecule has 1 aliphatic heterocycles. The predicted molar refractivity (Wildman–Crippen MR) is 107 cm³/mol. The highest BCUT2D eigenvalue weighted by molar-refractivity contribution is 6.30. The normalized spacial score (nSPS) is 25.2. The second kappa shape index (κ2) is 9.72. The fraction of sp³-hybridized carbons (Fsp3) is 0.667. The van der Waals surface area contributed by atoms with E-state index in [2.05, 4.69) is 21.6 Å². The molecule has 2 fully saturated rings. The van der Waals surface area contributed by atoms with E-state index in [1.165, 1.54) is 44.1 Å². The van der Waals surface area contributed by atoms with Crippen molar-refractivity contribution in [3.8, 4) is 0 Å². The number of benzene rings is 1. The Morgan fingerprint density at radius 1 is 1.19 bits per heavy atom. The van der Waals surface area contributed by atoms with E-state index in [1.807, 2.05) is 25.1 Å². The van der Waals surface area contributed by atoms with Crippen LogP contribution in [0.2, 0.25) is 5.02 Å². The molecule has 0 bridgehead atoms. The topological polar surface area (TPSA) is 44.4 Å². The van der Waals surface area contributed by atoms with Crippen LogP contribution in [0.4, 0.5) is 0 Å². The highest BCUT2D eigenvalue weighted by Gasteiger charge is 2.37. The maximum atomic E-state index is 12.6. The van der Waals surface area contributed by atoms with Gasteiger partial charge in [0.1, 0.15) is 0 Å². The monoisotopic (exact) mass is 377 g/mol. The van der Waals surface area contributed by atoms with Gasteiger partial charge in [-0.15, -0.1) is 0 Å². The third kappa shape index (κ3) is 5.45. The molecule has 0 spiro atoms. The number of hydrogen-bond acceptors (Lipinski definition) is 3. The van der Waals surface area contributed by atoms with Crippen molar-refractivity contribution in [2.45, 2.75) is 76.5 Å². The van der Waals surface area contributed by atoms with Crippen LogP contribution in [0.3, 0.4) is 0 Å². The second-order valence-corrected chi connectivity index (χ2v) is 8.19. The molecule has 1 saturated heterocycles. The number of halogens is 1. The van der Waals surface area contributed by atoms with E-state index in [0.717, 1.165) is 24.5 Å².